The predicted molar refractivity (Wildman–Crippen MR) is 169 cm³/mol. The van der Waals surface area contributed by atoms with Gasteiger partial charge >= 0.3 is 12.1 Å². The van der Waals surface area contributed by atoms with E-state index in [4.69, 9.17) is 23.7 Å². The van der Waals surface area contributed by atoms with Crippen LogP contribution in [0.15, 0.2) is 66.7 Å². The van der Waals surface area contributed by atoms with E-state index in [1.807, 2.05) is 54.6 Å². The molecule has 0 bridgehead atoms. The number of nitrogens with zero attached hydrogens (tertiary/aromatic N) is 1. The summed E-state index contributed by atoms with van der Waals surface area (Å²) in [6.07, 6.45) is 2.20. The molecule has 242 valence electrons. The van der Waals surface area contributed by atoms with Gasteiger partial charge in [-0.3, -0.25) is 4.90 Å². The highest BCUT2D eigenvalue weighted by molar-refractivity contribution is 5.75. The summed E-state index contributed by atoms with van der Waals surface area (Å²) in [6.45, 7) is 2.73. The molecule has 0 spiro atoms. The number of carbonyl (C=O) groups is 2. The van der Waals surface area contributed by atoms with Crippen molar-refractivity contribution in [2.75, 3.05) is 34.2 Å². The lowest BCUT2D eigenvalue weighted by molar-refractivity contribution is 0.0873. The van der Waals surface area contributed by atoms with Gasteiger partial charge < -0.3 is 39.4 Å². The zero-order valence-electron chi connectivity index (χ0n) is 26.1. The molecule has 1 aliphatic rings. The molecule has 0 unspecified atom stereocenters. The van der Waals surface area contributed by atoms with Crippen molar-refractivity contribution < 1.29 is 38.4 Å². The zero-order chi connectivity index (χ0) is 32.0. The Bertz CT molecular complexity index is 1320. The first-order valence-electron chi connectivity index (χ1n) is 15.2. The van der Waals surface area contributed by atoms with Crippen LogP contribution in [-0.2, 0) is 17.8 Å². The number of carbonyl (C=O) groups excluding carboxylic acids is 2. The highest BCUT2D eigenvalue weighted by atomic mass is 16.7. The molecule has 4 rings (SSSR count). The summed E-state index contributed by atoms with van der Waals surface area (Å²) in [5.41, 5.74) is 2.62. The van der Waals surface area contributed by atoms with Crippen molar-refractivity contribution in [3.63, 3.8) is 0 Å². The first kappa shape index (κ1) is 33.3. The van der Waals surface area contributed by atoms with E-state index in [0.717, 1.165) is 41.0 Å². The normalized spacial score (nSPS) is 13.0. The number of fused-ring (bicyclic) bond motifs is 1. The Labute approximate surface area is 264 Å². The highest BCUT2D eigenvalue weighted by Gasteiger charge is 2.23. The average Bonchev–Trinajstić information content (AvgIpc) is 3.54. The van der Waals surface area contributed by atoms with E-state index < -0.39 is 24.2 Å². The van der Waals surface area contributed by atoms with Gasteiger partial charge in [0.05, 0.1) is 26.3 Å². The lowest BCUT2D eigenvalue weighted by Crippen LogP contribution is -2.46. The number of nitrogens with one attached hydrogen (secondary N) is 2. The van der Waals surface area contributed by atoms with E-state index in [9.17, 15) is 14.7 Å². The molecule has 0 saturated heterocycles. The molecule has 3 aromatic rings. The fraction of sp³-hybridized carbons (Fsp3) is 0.412. The Hall–Kier alpha value is -4.64. The van der Waals surface area contributed by atoms with Crippen LogP contribution in [0.1, 0.15) is 55.3 Å². The summed E-state index contributed by atoms with van der Waals surface area (Å²) in [5.74, 6) is 2.69. The molecule has 0 saturated carbocycles. The van der Waals surface area contributed by atoms with Crippen LogP contribution < -0.4 is 29.6 Å². The summed E-state index contributed by atoms with van der Waals surface area (Å²) in [5, 5.41) is 15.6. The van der Waals surface area contributed by atoms with Crippen LogP contribution in [0, 0.1) is 0 Å². The van der Waals surface area contributed by atoms with Crippen molar-refractivity contribution in [3.05, 3.63) is 83.4 Å². The van der Waals surface area contributed by atoms with Gasteiger partial charge in [0, 0.05) is 19.7 Å². The number of rotatable bonds is 16. The van der Waals surface area contributed by atoms with Gasteiger partial charge in [0.1, 0.15) is 18.1 Å². The van der Waals surface area contributed by atoms with Crippen molar-refractivity contribution in [1.29, 1.82) is 0 Å². The fourth-order valence-corrected chi connectivity index (χ4v) is 4.96. The van der Waals surface area contributed by atoms with Crippen molar-refractivity contribution in [2.24, 2.45) is 0 Å². The number of aliphatic hydroxyl groups excluding tert-OH is 1. The number of hydrogen-bond acceptors (Lipinski definition) is 8. The standard InChI is InChI=1S/C34H43N3O8/c1-4-5-6-27(35-33(39)36-30(17-18-38)26-11-16-31-32(19-26)45-23-44-31)22-43-34(40)37(20-24-7-12-28(41-2)13-8-24)21-25-9-14-29(42-3)15-10-25/h7-16,19,27,30,38H,4-6,17-18,20-23H2,1-3H3,(H2,35,36,39)/t27-,30-/m0/s1. The quantitative estimate of drug-likeness (QED) is 0.190. The second-order valence-electron chi connectivity index (χ2n) is 10.8. The summed E-state index contributed by atoms with van der Waals surface area (Å²) in [7, 11) is 3.21. The largest absolute Gasteiger partial charge is 0.497 e. The second-order valence-corrected chi connectivity index (χ2v) is 10.8. The van der Waals surface area contributed by atoms with E-state index in [2.05, 4.69) is 17.6 Å². The average molecular weight is 622 g/mol. The summed E-state index contributed by atoms with van der Waals surface area (Å²) < 4.78 is 27.2. The van der Waals surface area contributed by atoms with Crippen LogP contribution in [0.3, 0.4) is 0 Å². The molecule has 0 fully saturated rings. The second kappa shape index (κ2) is 17.0. The Kier molecular flexibility index (Phi) is 12.6. The van der Waals surface area contributed by atoms with Gasteiger partial charge in [0.25, 0.3) is 0 Å². The minimum atomic E-state index is -0.496. The number of hydrogen-bond donors (Lipinski definition) is 3. The molecule has 1 aliphatic heterocycles. The number of amides is 3. The zero-order valence-corrected chi connectivity index (χ0v) is 26.1. The monoisotopic (exact) mass is 621 g/mol. The first-order chi connectivity index (χ1) is 21.9. The summed E-state index contributed by atoms with van der Waals surface area (Å²) >= 11 is 0. The van der Waals surface area contributed by atoms with Crippen LogP contribution in [0.5, 0.6) is 23.0 Å². The van der Waals surface area contributed by atoms with E-state index in [0.29, 0.717) is 37.4 Å². The summed E-state index contributed by atoms with van der Waals surface area (Å²) in [6, 6.07) is 19.2. The van der Waals surface area contributed by atoms with Gasteiger partial charge in [-0.05, 0) is 65.9 Å². The number of unbranched alkanes of at least 4 members (excludes halogenated alkanes) is 1. The Morgan fingerprint density at radius 1 is 0.867 bits per heavy atom. The molecule has 45 heavy (non-hydrogen) atoms. The van der Waals surface area contributed by atoms with Crippen LogP contribution in [-0.4, -0.2) is 62.4 Å². The number of ether oxygens (including phenoxy) is 5. The molecule has 3 amide bonds. The Morgan fingerprint density at radius 3 is 2.07 bits per heavy atom. The summed E-state index contributed by atoms with van der Waals surface area (Å²) in [4.78, 5) is 28.2. The fourth-order valence-electron chi connectivity index (χ4n) is 4.96. The van der Waals surface area contributed by atoms with Crippen molar-refractivity contribution in [1.82, 2.24) is 15.5 Å². The predicted octanol–water partition coefficient (Wildman–Crippen LogP) is 5.55. The SMILES string of the molecule is CCCC[C@@H](COC(=O)N(Cc1ccc(OC)cc1)Cc1ccc(OC)cc1)NC(=O)N[C@@H](CCO)c1ccc2c(c1)OCO2. The van der Waals surface area contributed by atoms with Gasteiger partial charge in [0.15, 0.2) is 11.5 Å². The Balaban J connectivity index is 1.41. The number of benzene rings is 3. The maximum atomic E-state index is 13.5. The van der Waals surface area contributed by atoms with Gasteiger partial charge in [-0.15, -0.1) is 0 Å². The molecule has 1 heterocycles. The minimum Gasteiger partial charge on any atom is -0.497 e. The van der Waals surface area contributed by atoms with E-state index in [-0.39, 0.29) is 20.0 Å². The highest BCUT2D eigenvalue weighted by Crippen LogP contribution is 2.34. The van der Waals surface area contributed by atoms with Crippen molar-refractivity contribution in [2.45, 2.75) is 57.8 Å². The molecular weight excluding hydrogens is 578 g/mol. The van der Waals surface area contributed by atoms with Crippen LogP contribution >= 0.6 is 0 Å². The van der Waals surface area contributed by atoms with Crippen LogP contribution in [0.2, 0.25) is 0 Å². The maximum Gasteiger partial charge on any atom is 0.410 e. The Morgan fingerprint density at radius 2 is 1.49 bits per heavy atom. The third-order valence-corrected chi connectivity index (χ3v) is 7.49. The smallest absolute Gasteiger partial charge is 0.410 e. The van der Waals surface area contributed by atoms with E-state index in [1.54, 1.807) is 31.3 Å². The maximum absolute atomic E-state index is 13.5. The van der Waals surface area contributed by atoms with Gasteiger partial charge in [-0.2, -0.15) is 0 Å². The van der Waals surface area contributed by atoms with Gasteiger partial charge in [0.2, 0.25) is 6.79 Å². The molecule has 0 radical (unpaired) electrons. The third-order valence-electron chi connectivity index (χ3n) is 7.49. The lowest BCUT2D eigenvalue weighted by Gasteiger charge is -2.26. The van der Waals surface area contributed by atoms with E-state index in [1.165, 1.54) is 0 Å². The third kappa shape index (κ3) is 9.94. The van der Waals surface area contributed by atoms with Crippen LogP contribution in [0.4, 0.5) is 9.59 Å². The van der Waals surface area contributed by atoms with Gasteiger partial charge in [-0.25, -0.2) is 9.59 Å². The topological polar surface area (TPSA) is 128 Å². The lowest BCUT2D eigenvalue weighted by atomic mass is 10.0. The molecule has 3 N–H and O–H groups in total. The number of urea groups is 1. The number of aliphatic hydroxyl groups is 1. The molecule has 2 atom stereocenters. The van der Waals surface area contributed by atoms with E-state index >= 15 is 0 Å². The minimum absolute atomic E-state index is 0.00265. The van der Waals surface area contributed by atoms with Crippen molar-refractivity contribution >= 4 is 12.1 Å². The molecule has 0 aromatic heterocycles. The first-order valence-corrected chi connectivity index (χ1v) is 15.2. The molecule has 0 aliphatic carbocycles. The molecule has 3 aromatic carbocycles. The van der Waals surface area contributed by atoms with Gasteiger partial charge in [-0.1, -0.05) is 50.1 Å². The van der Waals surface area contributed by atoms with Crippen LogP contribution in [0.25, 0.3) is 0 Å². The van der Waals surface area contributed by atoms with Crippen molar-refractivity contribution in [3.8, 4) is 23.0 Å². The molecule has 11 heteroatoms. The molecule has 11 nitrogen and oxygen atoms in total. The number of methoxy groups -OCH3 is 2. The molecular formula is C34H43N3O8.